The molecule has 0 spiro atoms. The number of carbonyl (C=O) groups excluding carboxylic acids is 1. The predicted molar refractivity (Wildman–Crippen MR) is 127 cm³/mol. The third-order valence-electron chi connectivity index (χ3n) is 5.22. The number of anilines is 2. The molecule has 0 bridgehead atoms. The van der Waals surface area contributed by atoms with E-state index in [1.54, 1.807) is 36.0 Å². The van der Waals surface area contributed by atoms with Crippen molar-refractivity contribution in [3.8, 4) is 28.8 Å². The Morgan fingerprint density at radius 1 is 1.06 bits per heavy atom. The highest BCUT2D eigenvalue weighted by atomic mass is 35.5. The standard InChI is InChI=1S/C23H17Cl2N5O3/c1-30-19(10-28-22(30)11-31)14-4-17-13(5-20(14)32-2)23(12(8-26)9-27-17)29-18-7-21(33-3)16(25)6-15(18)24/h4-7,9-11H,1-3H3,(H,27,29). The van der Waals surface area contributed by atoms with Crippen molar-refractivity contribution >= 4 is 51.8 Å². The van der Waals surface area contributed by atoms with E-state index in [-0.39, 0.29) is 5.82 Å². The zero-order chi connectivity index (χ0) is 23.7. The fourth-order valence-electron chi connectivity index (χ4n) is 3.51. The molecule has 0 saturated carbocycles. The monoisotopic (exact) mass is 481 g/mol. The molecule has 0 atom stereocenters. The maximum Gasteiger partial charge on any atom is 0.185 e. The summed E-state index contributed by atoms with van der Waals surface area (Å²) >= 11 is 12.5. The van der Waals surface area contributed by atoms with Crippen LogP contribution >= 0.6 is 23.2 Å². The maximum absolute atomic E-state index is 11.2. The number of nitriles is 1. The van der Waals surface area contributed by atoms with Crippen molar-refractivity contribution in [3.63, 3.8) is 0 Å². The number of rotatable bonds is 6. The molecular formula is C23H17Cl2N5O3. The number of fused-ring (bicyclic) bond motifs is 1. The van der Waals surface area contributed by atoms with E-state index in [0.29, 0.717) is 66.9 Å². The Bertz CT molecular complexity index is 1440. The predicted octanol–water partition coefficient (Wildman–Crippen LogP) is 5.39. The van der Waals surface area contributed by atoms with Gasteiger partial charge in [-0.1, -0.05) is 23.2 Å². The Balaban J connectivity index is 1.93. The van der Waals surface area contributed by atoms with Crippen molar-refractivity contribution in [2.75, 3.05) is 19.5 Å². The molecule has 0 radical (unpaired) electrons. The number of ether oxygens (including phenoxy) is 2. The van der Waals surface area contributed by atoms with E-state index in [0.717, 1.165) is 0 Å². The van der Waals surface area contributed by atoms with E-state index in [1.165, 1.54) is 20.4 Å². The van der Waals surface area contributed by atoms with Crippen LogP contribution in [0.4, 0.5) is 11.4 Å². The lowest BCUT2D eigenvalue weighted by atomic mass is 10.0. The topological polar surface area (TPSA) is 102 Å². The number of aldehydes is 1. The third kappa shape index (κ3) is 3.93. The summed E-state index contributed by atoms with van der Waals surface area (Å²) in [5.74, 6) is 1.23. The number of nitrogens with one attached hydrogen (secondary N) is 1. The van der Waals surface area contributed by atoms with Crippen molar-refractivity contribution in [1.29, 1.82) is 5.26 Å². The Morgan fingerprint density at radius 2 is 1.82 bits per heavy atom. The summed E-state index contributed by atoms with van der Waals surface area (Å²) in [4.78, 5) is 19.8. The minimum Gasteiger partial charge on any atom is -0.496 e. The van der Waals surface area contributed by atoms with Crippen LogP contribution in [0.25, 0.3) is 22.2 Å². The van der Waals surface area contributed by atoms with Gasteiger partial charge in [-0.2, -0.15) is 5.26 Å². The van der Waals surface area contributed by atoms with Crippen LogP contribution in [-0.4, -0.2) is 35.0 Å². The third-order valence-corrected chi connectivity index (χ3v) is 5.82. The van der Waals surface area contributed by atoms with Crippen LogP contribution in [0.1, 0.15) is 16.2 Å². The second-order valence-corrected chi connectivity index (χ2v) is 7.81. The molecule has 4 aromatic rings. The zero-order valence-corrected chi connectivity index (χ0v) is 19.3. The van der Waals surface area contributed by atoms with Gasteiger partial charge in [-0.05, 0) is 18.2 Å². The first-order chi connectivity index (χ1) is 15.9. The summed E-state index contributed by atoms with van der Waals surface area (Å²) in [5, 5.41) is 14.3. The van der Waals surface area contributed by atoms with Crippen LogP contribution in [-0.2, 0) is 7.05 Å². The number of benzene rings is 2. The van der Waals surface area contributed by atoms with Crippen LogP contribution in [0.15, 0.2) is 36.7 Å². The number of methoxy groups -OCH3 is 2. The first kappa shape index (κ1) is 22.4. The van der Waals surface area contributed by atoms with Gasteiger partial charge in [0.05, 0.1) is 58.6 Å². The summed E-state index contributed by atoms with van der Waals surface area (Å²) in [5.41, 5.74) is 3.29. The molecule has 2 heterocycles. The highest BCUT2D eigenvalue weighted by Gasteiger charge is 2.18. The Hall–Kier alpha value is -3.80. The van der Waals surface area contributed by atoms with Crippen molar-refractivity contribution in [2.24, 2.45) is 7.05 Å². The van der Waals surface area contributed by atoms with Crippen LogP contribution in [0.2, 0.25) is 10.0 Å². The molecule has 33 heavy (non-hydrogen) atoms. The van der Waals surface area contributed by atoms with E-state index in [4.69, 9.17) is 32.7 Å². The number of nitrogens with zero attached hydrogens (tertiary/aromatic N) is 4. The highest BCUT2D eigenvalue weighted by molar-refractivity contribution is 6.37. The summed E-state index contributed by atoms with van der Waals surface area (Å²) in [7, 11) is 4.78. The van der Waals surface area contributed by atoms with Crippen LogP contribution in [0.3, 0.4) is 0 Å². The van der Waals surface area contributed by atoms with Crippen molar-refractivity contribution < 1.29 is 14.3 Å². The number of imidazole rings is 1. The van der Waals surface area contributed by atoms with Crippen LogP contribution in [0.5, 0.6) is 11.5 Å². The molecule has 0 aliphatic rings. The lowest BCUT2D eigenvalue weighted by molar-refractivity contribution is 0.111. The molecule has 0 fully saturated rings. The maximum atomic E-state index is 11.2. The average molecular weight is 482 g/mol. The van der Waals surface area contributed by atoms with Gasteiger partial charge in [0, 0.05) is 30.3 Å². The lowest BCUT2D eigenvalue weighted by Gasteiger charge is -2.16. The van der Waals surface area contributed by atoms with E-state index in [2.05, 4.69) is 21.4 Å². The SMILES string of the molecule is COc1cc(Nc2c(C#N)cnc3cc(-c4cnc(C=O)n4C)c(OC)cc23)c(Cl)cc1Cl. The zero-order valence-electron chi connectivity index (χ0n) is 17.8. The van der Waals surface area contributed by atoms with Crippen LogP contribution in [0, 0.1) is 11.3 Å². The van der Waals surface area contributed by atoms with Gasteiger partial charge in [-0.3, -0.25) is 9.78 Å². The molecule has 0 aliphatic carbocycles. The number of hydrogen-bond acceptors (Lipinski definition) is 7. The molecule has 8 nitrogen and oxygen atoms in total. The van der Waals surface area contributed by atoms with Gasteiger partial charge in [0.25, 0.3) is 0 Å². The summed E-state index contributed by atoms with van der Waals surface area (Å²) < 4.78 is 12.6. The fourth-order valence-corrected chi connectivity index (χ4v) is 4.01. The smallest absolute Gasteiger partial charge is 0.185 e. The minimum atomic E-state index is 0.286. The molecule has 0 saturated heterocycles. The number of carbonyl (C=O) groups is 1. The minimum absolute atomic E-state index is 0.286. The molecule has 2 aromatic heterocycles. The van der Waals surface area contributed by atoms with E-state index in [9.17, 15) is 10.1 Å². The average Bonchev–Trinajstić information content (AvgIpc) is 3.19. The second kappa shape index (κ2) is 8.98. The van der Waals surface area contributed by atoms with E-state index >= 15 is 0 Å². The number of pyridine rings is 1. The molecule has 4 rings (SSSR count). The number of hydrogen-bond donors (Lipinski definition) is 1. The Morgan fingerprint density at radius 3 is 2.45 bits per heavy atom. The van der Waals surface area contributed by atoms with Crippen molar-refractivity contribution in [3.05, 3.63) is 58.1 Å². The van der Waals surface area contributed by atoms with Gasteiger partial charge in [0.1, 0.15) is 17.6 Å². The molecule has 0 aliphatic heterocycles. The normalized spacial score (nSPS) is 10.7. The first-order valence-corrected chi connectivity index (χ1v) is 10.4. The van der Waals surface area contributed by atoms with Gasteiger partial charge in [-0.25, -0.2) is 4.98 Å². The van der Waals surface area contributed by atoms with E-state index in [1.807, 2.05) is 6.07 Å². The molecule has 0 unspecified atom stereocenters. The molecular weight excluding hydrogens is 465 g/mol. The fraction of sp³-hybridized carbons (Fsp3) is 0.130. The summed E-state index contributed by atoms with van der Waals surface area (Å²) in [6.45, 7) is 0. The van der Waals surface area contributed by atoms with Gasteiger partial charge < -0.3 is 19.4 Å². The summed E-state index contributed by atoms with van der Waals surface area (Å²) in [6, 6.07) is 8.95. The molecule has 2 aromatic carbocycles. The molecule has 166 valence electrons. The molecule has 0 amide bonds. The second-order valence-electron chi connectivity index (χ2n) is 7.00. The largest absolute Gasteiger partial charge is 0.496 e. The first-order valence-electron chi connectivity index (χ1n) is 9.60. The van der Waals surface area contributed by atoms with Gasteiger partial charge >= 0.3 is 0 Å². The number of halogens is 2. The Labute approximate surface area is 199 Å². The van der Waals surface area contributed by atoms with Gasteiger partial charge in [0.2, 0.25) is 0 Å². The highest BCUT2D eigenvalue weighted by Crippen LogP contribution is 2.40. The molecule has 10 heteroatoms. The molecule has 1 N–H and O–H groups in total. The van der Waals surface area contributed by atoms with E-state index < -0.39 is 0 Å². The quantitative estimate of drug-likeness (QED) is 0.368. The Kier molecular flexibility index (Phi) is 6.09. The van der Waals surface area contributed by atoms with Gasteiger partial charge in [-0.15, -0.1) is 0 Å². The lowest BCUT2D eigenvalue weighted by Crippen LogP contribution is -2.01. The van der Waals surface area contributed by atoms with Crippen molar-refractivity contribution in [2.45, 2.75) is 0 Å². The van der Waals surface area contributed by atoms with Gasteiger partial charge in [0.15, 0.2) is 12.1 Å². The summed E-state index contributed by atoms with van der Waals surface area (Å²) in [6.07, 6.45) is 3.75. The van der Waals surface area contributed by atoms with Crippen molar-refractivity contribution in [1.82, 2.24) is 14.5 Å². The number of aromatic nitrogens is 3. The van der Waals surface area contributed by atoms with Crippen LogP contribution < -0.4 is 14.8 Å².